The number of aromatic nitrogens is 1. The largest absolute Gasteiger partial charge is 0.469 e. The molecular weight excluding hydrogens is 278 g/mol. The zero-order valence-electron chi connectivity index (χ0n) is 12.6. The number of fused-ring (bicyclic) bond motifs is 1. The Kier molecular flexibility index (Phi) is 4.09. The molecule has 4 nitrogen and oxygen atoms in total. The number of hydrogen-bond acceptors (Lipinski definition) is 3. The highest BCUT2D eigenvalue weighted by Crippen LogP contribution is 2.30. The van der Waals surface area contributed by atoms with Crippen molar-refractivity contribution in [2.75, 3.05) is 7.11 Å². The van der Waals surface area contributed by atoms with Gasteiger partial charge in [0.1, 0.15) is 0 Å². The Balaban J connectivity index is 2.00. The van der Waals surface area contributed by atoms with Crippen LogP contribution in [0, 0.1) is 0 Å². The van der Waals surface area contributed by atoms with Crippen molar-refractivity contribution in [3.05, 3.63) is 59.4 Å². The van der Waals surface area contributed by atoms with Gasteiger partial charge in [-0.1, -0.05) is 36.8 Å². The van der Waals surface area contributed by atoms with Gasteiger partial charge in [0.25, 0.3) is 0 Å². The van der Waals surface area contributed by atoms with E-state index in [0.29, 0.717) is 11.3 Å². The van der Waals surface area contributed by atoms with Crippen LogP contribution < -0.4 is 0 Å². The predicted molar refractivity (Wildman–Crippen MR) is 82.9 cm³/mol. The van der Waals surface area contributed by atoms with Gasteiger partial charge in [-0.3, -0.25) is 9.59 Å². The number of benzene rings is 1. The number of ether oxygens (including phenoxy) is 1. The van der Waals surface area contributed by atoms with Gasteiger partial charge in [-0.25, -0.2) is 0 Å². The molecule has 0 saturated heterocycles. The number of rotatable bonds is 3. The lowest BCUT2D eigenvalue weighted by atomic mass is 10.00. The first kappa shape index (κ1) is 14.6. The van der Waals surface area contributed by atoms with Crippen LogP contribution in [0.1, 0.15) is 46.9 Å². The molecule has 3 rings (SSSR count). The Morgan fingerprint density at radius 2 is 1.86 bits per heavy atom. The predicted octanol–water partition coefficient (Wildman–Crippen LogP) is 3.16. The van der Waals surface area contributed by atoms with Crippen LogP contribution in [0.25, 0.3) is 0 Å². The molecule has 4 heteroatoms. The minimum Gasteiger partial charge on any atom is -0.469 e. The average Bonchev–Trinajstić information content (AvgIpc) is 2.86. The van der Waals surface area contributed by atoms with Crippen LogP contribution >= 0.6 is 0 Å². The van der Waals surface area contributed by atoms with Crippen LogP contribution in [-0.2, 0) is 16.1 Å². The number of nitrogens with zero attached hydrogens (tertiary/aromatic N) is 1. The van der Waals surface area contributed by atoms with Crippen molar-refractivity contribution in [3.63, 3.8) is 0 Å². The van der Waals surface area contributed by atoms with E-state index in [1.54, 1.807) is 0 Å². The van der Waals surface area contributed by atoms with Crippen LogP contribution in [0.15, 0.2) is 42.5 Å². The maximum absolute atomic E-state index is 12.7. The third-order valence-electron chi connectivity index (χ3n) is 4.25. The first-order valence-corrected chi connectivity index (χ1v) is 7.59. The second-order valence-electron chi connectivity index (χ2n) is 5.56. The summed E-state index contributed by atoms with van der Waals surface area (Å²) in [5, 5.41) is 0. The highest BCUT2D eigenvalue weighted by Gasteiger charge is 2.29. The number of carbonyl (C=O) groups excluding carboxylic acids is 2. The number of carbonyl (C=O) groups is 2. The lowest BCUT2D eigenvalue weighted by Crippen LogP contribution is -2.18. The van der Waals surface area contributed by atoms with Crippen molar-refractivity contribution in [2.24, 2.45) is 0 Å². The summed E-state index contributed by atoms with van der Waals surface area (Å²) in [6, 6.07) is 13.0. The van der Waals surface area contributed by atoms with E-state index in [1.807, 2.05) is 47.0 Å². The van der Waals surface area contributed by atoms with Crippen molar-refractivity contribution < 1.29 is 14.3 Å². The van der Waals surface area contributed by atoms with Crippen LogP contribution in [0.3, 0.4) is 0 Å². The third-order valence-corrected chi connectivity index (χ3v) is 4.25. The highest BCUT2D eigenvalue weighted by atomic mass is 16.5. The molecule has 114 valence electrons. The standard InChI is InChI=1S/C18H19NO3/c1-22-18(21)14-9-5-6-12-19-15(14)10-11-16(19)17(20)13-7-3-2-4-8-13/h2-4,7-8,10-11,14H,5-6,9,12H2,1H3. The highest BCUT2D eigenvalue weighted by molar-refractivity contribution is 6.08. The molecule has 2 heterocycles. The van der Waals surface area contributed by atoms with Gasteiger partial charge < -0.3 is 9.30 Å². The Hall–Kier alpha value is -2.36. The van der Waals surface area contributed by atoms with E-state index in [2.05, 4.69) is 0 Å². The molecule has 1 aromatic heterocycles. The number of hydrogen-bond donors (Lipinski definition) is 0. The second kappa shape index (κ2) is 6.18. The summed E-state index contributed by atoms with van der Waals surface area (Å²) in [5.74, 6) is -0.498. The lowest BCUT2D eigenvalue weighted by Gasteiger charge is -2.15. The molecule has 0 spiro atoms. The zero-order valence-corrected chi connectivity index (χ0v) is 12.6. The van der Waals surface area contributed by atoms with Gasteiger partial charge in [0.05, 0.1) is 18.7 Å². The molecule has 1 aliphatic rings. The van der Waals surface area contributed by atoms with E-state index < -0.39 is 0 Å². The van der Waals surface area contributed by atoms with Crippen LogP contribution in [0.2, 0.25) is 0 Å². The van der Waals surface area contributed by atoms with Crippen molar-refractivity contribution in [1.29, 1.82) is 0 Å². The molecule has 2 aromatic rings. The molecule has 0 fully saturated rings. The van der Waals surface area contributed by atoms with E-state index in [4.69, 9.17) is 4.74 Å². The molecule has 0 amide bonds. The summed E-state index contributed by atoms with van der Waals surface area (Å²) >= 11 is 0. The van der Waals surface area contributed by atoms with Crippen molar-refractivity contribution >= 4 is 11.8 Å². The number of ketones is 1. The number of methoxy groups -OCH3 is 1. The molecule has 1 aromatic carbocycles. The fraction of sp³-hybridized carbons (Fsp3) is 0.333. The molecule has 22 heavy (non-hydrogen) atoms. The lowest BCUT2D eigenvalue weighted by molar-refractivity contribution is -0.142. The monoisotopic (exact) mass is 297 g/mol. The van der Waals surface area contributed by atoms with E-state index in [0.717, 1.165) is 31.5 Å². The Morgan fingerprint density at radius 1 is 1.09 bits per heavy atom. The van der Waals surface area contributed by atoms with Crippen LogP contribution in [-0.4, -0.2) is 23.4 Å². The fourth-order valence-electron chi connectivity index (χ4n) is 3.12. The maximum atomic E-state index is 12.7. The first-order chi connectivity index (χ1) is 10.7. The van der Waals surface area contributed by atoms with Crippen LogP contribution in [0.5, 0.6) is 0 Å². The van der Waals surface area contributed by atoms with Crippen molar-refractivity contribution in [2.45, 2.75) is 31.7 Å². The number of esters is 1. The smallest absolute Gasteiger partial charge is 0.314 e. The van der Waals surface area contributed by atoms with Gasteiger partial charge in [0.15, 0.2) is 0 Å². The van der Waals surface area contributed by atoms with Gasteiger partial charge in [-0.05, 0) is 25.0 Å². The van der Waals surface area contributed by atoms with E-state index in [9.17, 15) is 9.59 Å². The van der Waals surface area contributed by atoms with Gasteiger partial charge in [0.2, 0.25) is 5.78 Å². The molecule has 0 saturated carbocycles. The Labute approximate surface area is 129 Å². The molecule has 1 unspecified atom stereocenters. The molecular formula is C18H19NO3. The zero-order chi connectivity index (χ0) is 15.5. The summed E-state index contributed by atoms with van der Waals surface area (Å²) in [4.78, 5) is 24.7. The maximum Gasteiger partial charge on any atom is 0.314 e. The SMILES string of the molecule is COC(=O)C1CCCCn2c(C(=O)c3ccccc3)ccc21. The van der Waals surface area contributed by atoms with E-state index in [1.165, 1.54) is 7.11 Å². The topological polar surface area (TPSA) is 48.3 Å². The van der Waals surface area contributed by atoms with Gasteiger partial charge in [-0.2, -0.15) is 0 Å². The molecule has 0 bridgehead atoms. The van der Waals surface area contributed by atoms with Crippen molar-refractivity contribution in [3.8, 4) is 0 Å². The fourth-order valence-corrected chi connectivity index (χ4v) is 3.12. The quantitative estimate of drug-likeness (QED) is 0.646. The summed E-state index contributed by atoms with van der Waals surface area (Å²) in [6.07, 6.45) is 2.69. The Morgan fingerprint density at radius 3 is 2.59 bits per heavy atom. The molecule has 0 aliphatic carbocycles. The summed E-state index contributed by atoms with van der Waals surface area (Å²) in [5.41, 5.74) is 2.21. The summed E-state index contributed by atoms with van der Waals surface area (Å²) < 4.78 is 6.91. The average molecular weight is 297 g/mol. The minimum atomic E-state index is -0.273. The van der Waals surface area contributed by atoms with Gasteiger partial charge in [-0.15, -0.1) is 0 Å². The van der Waals surface area contributed by atoms with Crippen molar-refractivity contribution in [1.82, 2.24) is 4.57 Å². The van der Waals surface area contributed by atoms with Crippen LogP contribution in [0.4, 0.5) is 0 Å². The molecule has 0 N–H and O–H groups in total. The third kappa shape index (κ3) is 2.56. The molecule has 1 atom stereocenters. The molecule has 1 aliphatic heterocycles. The normalized spacial score (nSPS) is 17.4. The van der Waals surface area contributed by atoms with Gasteiger partial charge in [0, 0.05) is 17.8 Å². The Bertz CT molecular complexity index is 688. The first-order valence-electron chi connectivity index (χ1n) is 7.59. The van der Waals surface area contributed by atoms with E-state index >= 15 is 0 Å². The summed E-state index contributed by atoms with van der Waals surface area (Å²) in [6.45, 7) is 0.768. The second-order valence-corrected chi connectivity index (χ2v) is 5.56. The minimum absolute atomic E-state index is 0.00244. The summed E-state index contributed by atoms with van der Waals surface area (Å²) in [7, 11) is 1.41. The van der Waals surface area contributed by atoms with E-state index in [-0.39, 0.29) is 17.7 Å². The van der Waals surface area contributed by atoms with Gasteiger partial charge >= 0.3 is 5.97 Å². The molecule has 0 radical (unpaired) electrons.